The van der Waals surface area contributed by atoms with E-state index in [1.54, 1.807) is 18.2 Å². The highest BCUT2D eigenvalue weighted by molar-refractivity contribution is 5.91. The molecular weight excluding hydrogens is 208 g/mol. The smallest absolute Gasteiger partial charge is 0.267 e. The van der Waals surface area contributed by atoms with E-state index in [9.17, 15) is 4.79 Å². The Bertz CT molecular complexity index is 481. The number of pyridine rings is 1. The zero-order valence-corrected chi connectivity index (χ0v) is 8.38. The molecule has 1 amide bonds. The van der Waals surface area contributed by atoms with Crippen LogP contribution in [0, 0.1) is 0 Å². The van der Waals surface area contributed by atoms with Crippen LogP contribution >= 0.6 is 0 Å². The van der Waals surface area contributed by atoms with E-state index in [4.69, 9.17) is 5.73 Å². The third kappa shape index (κ3) is 2.35. The van der Waals surface area contributed by atoms with Crippen molar-refractivity contribution in [3.63, 3.8) is 0 Å². The average Bonchev–Trinajstić information content (AvgIpc) is 2.79. The molecule has 0 saturated heterocycles. The summed E-state index contributed by atoms with van der Waals surface area (Å²) in [6, 6.07) is 5.08. The van der Waals surface area contributed by atoms with Crippen LogP contribution in [0.25, 0.3) is 0 Å². The second-order valence-electron chi connectivity index (χ2n) is 3.14. The van der Waals surface area contributed by atoms with Crippen molar-refractivity contribution in [2.24, 2.45) is 5.73 Å². The number of amides is 1. The summed E-state index contributed by atoms with van der Waals surface area (Å²) in [5, 5.41) is 6.82. The van der Waals surface area contributed by atoms with Gasteiger partial charge in [0.25, 0.3) is 5.91 Å². The molecule has 0 fully saturated rings. The minimum atomic E-state index is -0.551. The molecule has 2 aromatic heterocycles. The molecule has 6 nitrogen and oxygen atoms in total. The van der Waals surface area contributed by atoms with Crippen LogP contribution in [0.5, 0.6) is 0 Å². The largest absolute Gasteiger partial charge is 0.379 e. The first kappa shape index (κ1) is 10.2. The lowest BCUT2D eigenvalue weighted by atomic mass is 10.3. The molecule has 0 aliphatic carbocycles. The van der Waals surface area contributed by atoms with Crippen molar-refractivity contribution in [1.82, 2.24) is 10.1 Å². The van der Waals surface area contributed by atoms with Crippen molar-refractivity contribution in [3.8, 4) is 0 Å². The standard InChI is InChI=1S/C10H10N4O2/c11-10(15)9-5-7(1-3-12-9)13-6-8-2-4-16-14-8/h1-5H,6H2,(H2,11,15)(H,12,13). The lowest BCUT2D eigenvalue weighted by Gasteiger charge is -2.04. The summed E-state index contributed by atoms with van der Waals surface area (Å²) in [4.78, 5) is 14.7. The van der Waals surface area contributed by atoms with E-state index in [2.05, 4.69) is 20.0 Å². The number of primary amides is 1. The first-order chi connectivity index (χ1) is 7.75. The monoisotopic (exact) mass is 218 g/mol. The van der Waals surface area contributed by atoms with Gasteiger partial charge in [0, 0.05) is 18.0 Å². The maximum Gasteiger partial charge on any atom is 0.267 e. The minimum Gasteiger partial charge on any atom is -0.379 e. The molecule has 0 unspecified atom stereocenters. The van der Waals surface area contributed by atoms with Gasteiger partial charge >= 0.3 is 0 Å². The second kappa shape index (κ2) is 4.43. The summed E-state index contributed by atoms with van der Waals surface area (Å²) < 4.78 is 4.69. The van der Waals surface area contributed by atoms with Gasteiger partial charge in [-0.3, -0.25) is 9.78 Å². The number of nitrogens with zero attached hydrogens (tertiary/aromatic N) is 2. The van der Waals surface area contributed by atoms with E-state index in [-0.39, 0.29) is 5.69 Å². The van der Waals surface area contributed by atoms with E-state index < -0.39 is 5.91 Å². The highest BCUT2D eigenvalue weighted by Gasteiger charge is 2.03. The lowest BCUT2D eigenvalue weighted by molar-refractivity contribution is 0.0995. The van der Waals surface area contributed by atoms with Gasteiger partial charge in [-0.2, -0.15) is 0 Å². The van der Waals surface area contributed by atoms with Crippen LogP contribution in [-0.2, 0) is 6.54 Å². The summed E-state index contributed by atoms with van der Waals surface area (Å²) in [5.41, 5.74) is 6.88. The number of hydrogen-bond acceptors (Lipinski definition) is 5. The van der Waals surface area contributed by atoms with Gasteiger partial charge in [0.2, 0.25) is 0 Å². The van der Waals surface area contributed by atoms with Crippen LogP contribution in [0.15, 0.2) is 35.2 Å². The van der Waals surface area contributed by atoms with Crippen LogP contribution < -0.4 is 11.1 Å². The molecular formula is C10H10N4O2. The Hall–Kier alpha value is -2.37. The van der Waals surface area contributed by atoms with Gasteiger partial charge in [-0.25, -0.2) is 0 Å². The Labute approximate surface area is 91.5 Å². The number of anilines is 1. The number of aromatic nitrogens is 2. The van der Waals surface area contributed by atoms with Crippen LogP contribution in [0.4, 0.5) is 5.69 Å². The van der Waals surface area contributed by atoms with E-state index in [0.717, 1.165) is 11.4 Å². The van der Waals surface area contributed by atoms with Crippen molar-refractivity contribution in [2.75, 3.05) is 5.32 Å². The van der Waals surface area contributed by atoms with Crippen LogP contribution in [-0.4, -0.2) is 16.0 Å². The third-order valence-electron chi connectivity index (χ3n) is 1.98. The Kier molecular flexibility index (Phi) is 2.81. The summed E-state index contributed by atoms with van der Waals surface area (Å²) in [7, 11) is 0. The fraction of sp³-hybridized carbons (Fsp3) is 0.100. The fourth-order valence-electron chi connectivity index (χ4n) is 1.20. The van der Waals surface area contributed by atoms with Gasteiger partial charge in [-0.1, -0.05) is 5.16 Å². The number of carbonyl (C=O) groups is 1. The minimum absolute atomic E-state index is 0.227. The SMILES string of the molecule is NC(=O)c1cc(NCc2ccon2)ccn1. The molecule has 0 spiro atoms. The molecule has 3 N–H and O–H groups in total. The van der Waals surface area contributed by atoms with Gasteiger partial charge in [0.05, 0.1) is 6.54 Å². The summed E-state index contributed by atoms with van der Waals surface area (Å²) >= 11 is 0. The van der Waals surface area contributed by atoms with Crippen molar-refractivity contribution < 1.29 is 9.32 Å². The number of carbonyl (C=O) groups excluding carboxylic acids is 1. The predicted molar refractivity (Wildman–Crippen MR) is 56.6 cm³/mol. The van der Waals surface area contributed by atoms with E-state index in [1.807, 2.05) is 0 Å². The highest BCUT2D eigenvalue weighted by Crippen LogP contribution is 2.09. The molecule has 0 bridgehead atoms. The Morgan fingerprint density at radius 1 is 1.50 bits per heavy atom. The molecule has 16 heavy (non-hydrogen) atoms. The predicted octanol–water partition coefficient (Wildman–Crippen LogP) is 0.781. The average molecular weight is 218 g/mol. The quantitative estimate of drug-likeness (QED) is 0.790. The number of hydrogen-bond donors (Lipinski definition) is 2. The first-order valence-corrected chi connectivity index (χ1v) is 4.64. The third-order valence-corrected chi connectivity index (χ3v) is 1.98. The van der Waals surface area contributed by atoms with Gasteiger partial charge in [0.1, 0.15) is 17.7 Å². The number of nitrogens with one attached hydrogen (secondary N) is 1. The molecule has 0 aliphatic rings. The maximum atomic E-state index is 10.9. The van der Waals surface area contributed by atoms with Gasteiger partial charge in [-0.05, 0) is 12.1 Å². The van der Waals surface area contributed by atoms with E-state index >= 15 is 0 Å². The summed E-state index contributed by atoms with van der Waals surface area (Å²) in [5.74, 6) is -0.551. The summed E-state index contributed by atoms with van der Waals surface area (Å²) in [6.45, 7) is 0.513. The highest BCUT2D eigenvalue weighted by atomic mass is 16.5. The molecule has 2 heterocycles. The fourth-order valence-corrected chi connectivity index (χ4v) is 1.20. The van der Waals surface area contributed by atoms with Gasteiger partial charge < -0.3 is 15.6 Å². The summed E-state index contributed by atoms with van der Waals surface area (Å²) in [6.07, 6.45) is 3.02. The van der Waals surface area contributed by atoms with Crippen molar-refractivity contribution in [1.29, 1.82) is 0 Å². The van der Waals surface area contributed by atoms with E-state index in [0.29, 0.717) is 6.54 Å². The maximum absolute atomic E-state index is 10.9. The Morgan fingerprint density at radius 2 is 2.38 bits per heavy atom. The molecule has 0 radical (unpaired) electrons. The van der Waals surface area contributed by atoms with Gasteiger partial charge in [-0.15, -0.1) is 0 Å². The Balaban J connectivity index is 2.04. The molecule has 0 aliphatic heterocycles. The van der Waals surface area contributed by atoms with Crippen molar-refractivity contribution in [3.05, 3.63) is 42.0 Å². The number of nitrogens with two attached hydrogens (primary N) is 1. The topological polar surface area (TPSA) is 94.0 Å². The van der Waals surface area contributed by atoms with Crippen molar-refractivity contribution in [2.45, 2.75) is 6.54 Å². The second-order valence-corrected chi connectivity index (χ2v) is 3.14. The molecule has 0 aromatic carbocycles. The molecule has 82 valence electrons. The Morgan fingerprint density at radius 3 is 3.06 bits per heavy atom. The molecule has 0 atom stereocenters. The lowest BCUT2D eigenvalue weighted by Crippen LogP contribution is -2.13. The number of rotatable bonds is 4. The molecule has 6 heteroatoms. The van der Waals surface area contributed by atoms with Crippen LogP contribution in [0.1, 0.15) is 16.2 Å². The molecule has 2 aromatic rings. The van der Waals surface area contributed by atoms with Gasteiger partial charge in [0.15, 0.2) is 0 Å². The zero-order valence-electron chi connectivity index (χ0n) is 8.38. The van der Waals surface area contributed by atoms with Crippen LogP contribution in [0.2, 0.25) is 0 Å². The zero-order chi connectivity index (χ0) is 11.4. The van der Waals surface area contributed by atoms with Crippen molar-refractivity contribution >= 4 is 11.6 Å². The van der Waals surface area contributed by atoms with Crippen LogP contribution in [0.3, 0.4) is 0 Å². The normalized spacial score (nSPS) is 10.0. The van der Waals surface area contributed by atoms with E-state index in [1.165, 1.54) is 12.5 Å². The molecule has 2 rings (SSSR count). The first-order valence-electron chi connectivity index (χ1n) is 4.64. The molecule has 0 saturated carbocycles.